The van der Waals surface area contributed by atoms with Gasteiger partial charge in [0.2, 0.25) is 0 Å². The Bertz CT molecular complexity index is 631. The zero-order valence-corrected chi connectivity index (χ0v) is 14.5. The Kier molecular flexibility index (Phi) is 5.43. The number of hydrogen-bond donors (Lipinski definition) is 0. The van der Waals surface area contributed by atoms with Crippen LogP contribution in [0.15, 0.2) is 30.5 Å². The lowest BCUT2D eigenvalue weighted by Crippen LogP contribution is -2.16. The molecule has 0 N–H and O–H groups in total. The number of rotatable bonds is 6. The van der Waals surface area contributed by atoms with Crippen LogP contribution in [0.25, 0.3) is 11.4 Å². The van der Waals surface area contributed by atoms with Crippen molar-refractivity contribution < 1.29 is 0 Å². The van der Waals surface area contributed by atoms with Crippen molar-refractivity contribution in [3.05, 3.63) is 47.3 Å². The topological polar surface area (TPSA) is 25.8 Å². The molecule has 0 aliphatic heterocycles. The average Bonchev–Trinajstić information content (AvgIpc) is 2.61. The maximum absolute atomic E-state index is 4.86. The van der Waals surface area contributed by atoms with Crippen molar-refractivity contribution in [3.8, 4) is 11.4 Å². The van der Waals surface area contributed by atoms with Crippen LogP contribution in [-0.4, -0.2) is 9.97 Å². The van der Waals surface area contributed by atoms with E-state index in [0.29, 0.717) is 0 Å². The zero-order valence-electron chi connectivity index (χ0n) is 14.5. The lowest BCUT2D eigenvalue weighted by molar-refractivity contribution is 0.404. The van der Waals surface area contributed by atoms with Crippen LogP contribution in [0.3, 0.4) is 0 Å². The Morgan fingerprint density at radius 2 is 1.91 bits per heavy atom. The van der Waals surface area contributed by atoms with Crippen molar-refractivity contribution in [3.63, 3.8) is 0 Å². The summed E-state index contributed by atoms with van der Waals surface area (Å²) in [6, 6.07) is 8.66. The standard InChI is InChI=1S/C21H28N2/c1-3-5-6-7-17-10-13-20-19(14-17)15-22-21(23-20)18-11-8-16(4-2)9-12-18/h8-9,11-12,15,17H,3-7,10,13-14H2,1-2H3. The Balaban J connectivity index is 1.71. The third-order valence-electron chi connectivity index (χ3n) is 5.09. The predicted octanol–water partition coefficient (Wildman–Crippen LogP) is 5.39. The summed E-state index contributed by atoms with van der Waals surface area (Å²) < 4.78 is 0. The monoisotopic (exact) mass is 308 g/mol. The SMILES string of the molecule is CCCCCC1CCc2nc(-c3ccc(CC)cc3)ncc2C1. The Morgan fingerprint density at radius 1 is 1.09 bits per heavy atom. The summed E-state index contributed by atoms with van der Waals surface area (Å²) >= 11 is 0. The summed E-state index contributed by atoms with van der Waals surface area (Å²) in [6.45, 7) is 4.46. The normalized spacial score (nSPS) is 17.0. The zero-order chi connectivity index (χ0) is 16.1. The van der Waals surface area contributed by atoms with Crippen LogP contribution in [-0.2, 0) is 19.3 Å². The number of hydrogen-bond acceptors (Lipinski definition) is 2. The highest BCUT2D eigenvalue weighted by Gasteiger charge is 2.20. The van der Waals surface area contributed by atoms with Gasteiger partial charge in [0.15, 0.2) is 5.82 Å². The second kappa shape index (κ2) is 7.72. The molecule has 1 unspecified atom stereocenters. The van der Waals surface area contributed by atoms with Gasteiger partial charge in [-0.05, 0) is 42.7 Å². The van der Waals surface area contributed by atoms with E-state index in [1.165, 1.54) is 55.3 Å². The minimum Gasteiger partial charge on any atom is -0.236 e. The summed E-state index contributed by atoms with van der Waals surface area (Å²) in [5.41, 5.74) is 5.16. The van der Waals surface area contributed by atoms with Gasteiger partial charge in [-0.2, -0.15) is 0 Å². The molecular weight excluding hydrogens is 280 g/mol. The highest BCUT2D eigenvalue weighted by Crippen LogP contribution is 2.29. The molecule has 122 valence electrons. The summed E-state index contributed by atoms with van der Waals surface area (Å²) in [5, 5.41) is 0. The Morgan fingerprint density at radius 3 is 2.65 bits per heavy atom. The van der Waals surface area contributed by atoms with Gasteiger partial charge in [-0.25, -0.2) is 9.97 Å². The summed E-state index contributed by atoms with van der Waals surface area (Å²) in [7, 11) is 0. The van der Waals surface area contributed by atoms with Crippen LogP contribution in [0.1, 0.15) is 62.8 Å². The first-order valence-corrected chi connectivity index (χ1v) is 9.24. The van der Waals surface area contributed by atoms with Gasteiger partial charge in [0.25, 0.3) is 0 Å². The molecule has 1 aliphatic carbocycles. The maximum Gasteiger partial charge on any atom is 0.159 e. The van der Waals surface area contributed by atoms with Crippen molar-refractivity contribution in [2.75, 3.05) is 0 Å². The molecule has 1 heterocycles. The van der Waals surface area contributed by atoms with E-state index in [1.807, 2.05) is 0 Å². The van der Waals surface area contributed by atoms with Gasteiger partial charge in [0, 0.05) is 17.5 Å². The molecule has 0 fully saturated rings. The van der Waals surface area contributed by atoms with Crippen LogP contribution in [0, 0.1) is 5.92 Å². The van der Waals surface area contributed by atoms with Crippen molar-refractivity contribution in [2.45, 2.75) is 65.2 Å². The second-order valence-corrected chi connectivity index (χ2v) is 6.82. The van der Waals surface area contributed by atoms with Crippen LogP contribution >= 0.6 is 0 Å². The van der Waals surface area contributed by atoms with Crippen LogP contribution in [0.2, 0.25) is 0 Å². The van der Waals surface area contributed by atoms with Crippen molar-refractivity contribution >= 4 is 0 Å². The predicted molar refractivity (Wildman–Crippen MR) is 96.5 cm³/mol. The molecule has 23 heavy (non-hydrogen) atoms. The number of aryl methyl sites for hydroxylation is 2. The van der Waals surface area contributed by atoms with E-state index in [9.17, 15) is 0 Å². The Labute approximate surface area is 140 Å². The third kappa shape index (κ3) is 3.99. The molecule has 0 saturated heterocycles. The number of benzene rings is 1. The van der Waals surface area contributed by atoms with Gasteiger partial charge >= 0.3 is 0 Å². The molecule has 1 aliphatic rings. The van der Waals surface area contributed by atoms with Crippen molar-refractivity contribution in [1.82, 2.24) is 9.97 Å². The molecular formula is C21H28N2. The first-order valence-electron chi connectivity index (χ1n) is 9.24. The van der Waals surface area contributed by atoms with E-state index in [0.717, 1.165) is 30.1 Å². The largest absolute Gasteiger partial charge is 0.236 e. The van der Waals surface area contributed by atoms with E-state index >= 15 is 0 Å². The molecule has 0 saturated carbocycles. The fourth-order valence-corrected chi connectivity index (χ4v) is 3.54. The minimum atomic E-state index is 0.840. The third-order valence-corrected chi connectivity index (χ3v) is 5.09. The summed E-state index contributed by atoms with van der Waals surface area (Å²) in [5.74, 6) is 1.73. The van der Waals surface area contributed by atoms with Gasteiger partial charge in [-0.1, -0.05) is 63.8 Å². The van der Waals surface area contributed by atoms with E-state index < -0.39 is 0 Å². The second-order valence-electron chi connectivity index (χ2n) is 6.82. The smallest absolute Gasteiger partial charge is 0.159 e. The number of unbranched alkanes of at least 4 members (excludes halogenated alkanes) is 2. The molecule has 0 amide bonds. The number of fused-ring (bicyclic) bond motifs is 1. The molecule has 1 aromatic heterocycles. The van der Waals surface area contributed by atoms with Crippen LogP contribution < -0.4 is 0 Å². The lowest BCUT2D eigenvalue weighted by Gasteiger charge is -2.23. The summed E-state index contributed by atoms with van der Waals surface area (Å²) in [6.07, 6.45) is 12.2. The average molecular weight is 308 g/mol. The lowest BCUT2D eigenvalue weighted by atomic mass is 9.84. The number of nitrogens with zero attached hydrogens (tertiary/aromatic N) is 2. The van der Waals surface area contributed by atoms with Crippen LogP contribution in [0.4, 0.5) is 0 Å². The highest BCUT2D eigenvalue weighted by atomic mass is 14.9. The molecule has 0 spiro atoms. The van der Waals surface area contributed by atoms with Crippen LogP contribution in [0.5, 0.6) is 0 Å². The fourth-order valence-electron chi connectivity index (χ4n) is 3.54. The summed E-state index contributed by atoms with van der Waals surface area (Å²) in [4.78, 5) is 9.50. The van der Waals surface area contributed by atoms with E-state index in [1.54, 1.807) is 0 Å². The Hall–Kier alpha value is -1.70. The molecule has 0 radical (unpaired) electrons. The molecule has 1 atom stereocenters. The van der Waals surface area contributed by atoms with Gasteiger partial charge in [0.05, 0.1) is 0 Å². The molecule has 2 nitrogen and oxygen atoms in total. The first kappa shape index (κ1) is 16.2. The van der Waals surface area contributed by atoms with E-state index in [2.05, 4.69) is 49.3 Å². The number of aromatic nitrogens is 2. The quantitative estimate of drug-likeness (QED) is 0.668. The maximum atomic E-state index is 4.86. The molecule has 2 heteroatoms. The fraction of sp³-hybridized carbons (Fsp3) is 0.524. The van der Waals surface area contributed by atoms with E-state index in [4.69, 9.17) is 4.98 Å². The van der Waals surface area contributed by atoms with Gasteiger partial charge < -0.3 is 0 Å². The van der Waals surface area contributed by atoms with Gasteiger partial charge in [0.1, 0.15) is 0 Å². The molecule has 1 aromatic carbocycles. The molecule has 3 rings (SSSR count). The van der Waals surface area contributed by atoms with Crippen molar-refractivity contribution in [2.24, 2.45) is 5.92 Å². The van der Waals surface area contributed by atoms with Gasteiger partial charge in [-0.3, -0.25) is 0 Å². The highest BCUT2D eigenvalue weighted by molar-refractivity contribution is 5.55. The molecule has 0 bridgehead atoms. The van der Waals surface area contributed by atoms with Crippen molar-refractivity contribution in [1.29, 1.82) is 0 Å². The van der Waals surface area contributed by atoms with E-state index in [-0.39, 0.29) is 0 Å². The molecule has 2 aromatic rings. The first-order chi connectivity index (χ1) is 11.3. The van der Waals surface area contributed by atoms with Gasteiger partial charge in [-0.15, -0.1) is 0 Å². The minimum absolute atomic E-state index is 0.840.